The van der Waals surface area contributed by atoms with E-state index in [9.17, 15) is 22.0 Å². The van der Waals surface area contributed by atoms with Gasteiger partial charge in [-0.1, -0.05) is 17.7 Å². The summed E-state index contributed by atoms with van der Waals surface area (Å²) in [7, 11) is -4.04. The van der Waals surface area contributed by atoms with Crippen LogP contribution >= 0.6 is 22.9 Å². The van der Waals surface area contributed by atoms with Gasteiger partial charge in [-0.15, -0.1) is 11.3 Å². The van der Waals surface area contributed by atoms with Gasteiger partial charge in [0, 0.05) is 18.1 Å². The fourth-order valence-corrected chi connectivity index (χ4v) is 4.23. The summed E-state index contributed by atoms with van der Waals surface area (Å²) in [6, 6.07) is 6.85. The maximum Gasteiger partial charge on any atom is 0.263 e. The maximum atomic E-state index is 14.3. The summed E-state index contributed by atoms with van der Waals surface area (Å²) >= 11 is 6.74. The number of anilines is 1. The number of hydrogen-bond acceptors (Lipinski definition) is 5. The molecule has 28 heavy (non-hydrogen) atoms. The van der Waals surface area contributed by atoms with Gasteiger partial charge in [0.05, 0.1) is 15.5 Å². The first kappa shape index (κ1) is 20.2. The number of rotatable bonds is 6. The molecular formula is C17H12ClF2N3O3S2. The zero-order chi connectivity index (χ0) is 20.3. The lowest BCUT2D eigenvalue weighted by Gasteiger charge is -2.09. The second-order valence-corrected chi connectivity index (χ2v) is 8.50. The fraction of sp³-hybridized carbons (Fsp3) is 0.0588. The highest BCUT2D eigenvalue weighted by Gasteiger charge is 2.20. The quantitative estimate of drug-likeness (QED) is 0.606. The summed E-state index contributed by atoms with van der Waals surface area (Å²) in [6.07, 6.45) is 1.42. The van der Waals surface area contributed by atoms with Gasteiger partial charge < -0.3 is 5.32 Å². The van der Waals surface area contributed by atoms with Crippen molar-refractivity contribution < 1.29 is 22.0 Å². The van der Waals surface area contributed by atoms with E-state index in [0.29, 0.717) is 5.56 Å². The van der Waals surface area contributed by atoms with Gasteiger partial charge in [0.2, 0.25) is 0 Å². The van der Waals surface area contributed by atoms with Gasteiger partial charge in [-0.25, -0.2) is 22.2 Å². The highest BCUT2D eigenvalue weighted by molar-refractivity contribution is 7.93. The standard InChI is InChI=1S/C17H12ClF2N3O3S2/c18-13-7-10(1-4-14(13)19)9-22-16(24)12-3-2-11(8-15(12)20)28(25,26)23-17-21-5-6-27-17/h1-8H,9H2,(H,21,23)(H,22,24). The number of aromatic nitrogens is 1. The molecule has 3 aromatic rings. The van der Waals surface area contributed by atoms with Crippen LogP contribution in [0, 0.1) is 11.6 Å². The van der Waals surface area contributed by atoms with Crippen LogP contribution in [0.4, 0.5) is 13.9 Å². The molecule has 2 N–H and O–H groups in total. The van der Waals surface area contributed by atoms with Crippen LogP contribution in [0.5, 0.6) is 0 Å². The molecule has 0 spiro atoms. The lowest BCUT2D eigenvalue weighted by Crippen LogP contribution is -2.24. The van der Waals surface area contributed by atoms with E-state index in [2.05, 4.69) is 15.0 Å². The average Bonchev–Trinajstić information content (AvgIpc) is 3.14. The third-order valence-electron chi connectivity index (χ3n) is 3.59. The Balaban J connectivity index is 1.72. The summed E-state index contributed by atoms with van der Waals surface area (Å²) in [4.78, 5) is 15.6. The Bertz CT molecular complexity index is 1120. The average molecular weight is 444 g/mol. The monoisotopic (exact) mass is 443 g/mol. The van der Waals surface area contributed by atoms with Crippen LogP contribution < -0.4 is 10.0 Å². The molecular weight excluding hydrogens is 432 g/mol. The third kappa shape index (κ3) is 4.64. The van der Waals surface area contributed by atoms with Crippen LogP contribution in [0.3, 0.4) is 0 Å². The maximum absolute atomic E-state index is 14.3. The van der Waals surface area contributed by atoms with Crippen molar-refractivity contribution in [2.75, 3.05) is 4.72 Å². The molecule has 146 valence electrons. The van der Waals surface area contributed by atoms with Crippen molar-refractivity contribution in [3.8, 4) is 0 Å². The van der Waals surface area contributed by atoms with Crippen LogP contribution in [0.25, 0.3) is 0 Å². The molecule has 0 bridgehead atoms. The van der Waals surface area contributed by atoms with Gasteiger partial charge >= 0.3 is 0 Å². The van der Waals surface area contributed by atoms with Gasteiger partial charge in [0.15, 0.2) is 5.13 Å². The third-order valence-corrected chi connectivity index (χ3v) is 6.03. The molecule has 0 atom stereocenters. The first-order valence-electron chi connectivity index (χ1n) is 7.70. The van der Waals surface area contributed by atoms with E-state index >= 15 is 0 Å². The first-order chi connectivity index (χ1) is 13.3. The highest BCUT2D eigenvalue weighted by atomic mass is 35.5. The van der Waals surface area contributed by atoms with Crippen molar-refractivity contribution in [3.63, 3.8) is 0 Å². The van der Waals surface area contributed by atoms with Crippen molar-refractivity contribution >= 4 is 44.0 Å². The number of nitrogens with zero attached hydrogens (tertiary/aromatic N) is 1. The molecule has 11 heteroatoms. The predicted molar refractivity (Wildman–Crippen MR) is 102 cm³/mol. The van der Waals surface area contributed by atoms with Crippen molar-refractivity contribution in [2.24, 2.45) is 0 Å². The van der Waals surface area contributed by atoms with E-state index < -0.39 is 27.6 Å². The second-order valence-electron chi connectivity index (χ2n) is 5.52. The molecule has 0 saturated carbocycles. The normalized spacial score (nSPS) is 11.2. The van der Waals surface area contributed by atoms with E-state index in [1.165, 1.54) is 18.3 Å². The topological polar surface area (TPSA) is 88.2 Å². The zero-order valence-electron chi connectivity index (χ0n) is 13.9. The van der Waals surface area contributed by atoms with Gasteiger partial charge in [0.25, 0.3) is 15.9 Å². The molecule has 0 saturated heterocycles. The second kappa shape index (κ2) is 8.21. The summed E-state index contributed by atoms with van der Waals surface area (Å²) in [5.41, 5.74) is 0.188. The number of sulfonamides is 1. The molecule has 6 nitrogen and oxygen atoms in total. The Morgan fingerprint density at radius 1 is 1.14 bits per heavy atom. The minimum Gasteiger partial charge on any atom is -0.348 e. The van der Waals surface area contributed by atoms with Crippen molar-refractivity contribution in [1.82, 2.24) is 10.3 Å². The number of nitrogens with one attached hydrogen (secondary N) is 2. The molecule has 1 amide bonds. The van der Waals surface area contributed by atoms with E-state index in [1.54, 1.807) is 5.38 Å². The van der Waals surface area contributed by atoms with Crippen molar-refractivity contribution in [1.29, 1.82) is 0 Å². The molecule has 0 aliphatic rings. The minimum absolute atomic E-state index is 0.00999. The molecule has 1 aromatic heterocycles. The lowest BCUT2D eigenvalue weighted by molar-refractivity contribution is 0.0946. The Morgan fingerprint density at radius 3 is 2.57 bits per heavy atom. The van der Waals surface area contributed by atoms with Gasteiger partial charge in [0.1, 0.15) is 11.6 Å². The van der Waals surface area contributed by atoms with Crippen LogP contribution in [0.2, 0.25) is 5.02 Å². The Hall–Kier alpha value is -2.56. The van der Waals surface area contributed by atoms with E-state index in [1.807, 2.05) is 0 Å². The first-order valence-corrected chi connectivity index (χ1v) is 10.4. The van der Waals surface area contributed by atoms with Gasteiger partial charge in [-0.2, -0.15) is 0 Å². The molecule has 0 aliphatic heterocycles. The largest absolute Gasteiger partial charge is 0.348 e. The molecule has 0 radical (unpaired) electrons. The number of carbonyl (C=O) groups excluding carboxylic acids is 1. The SMILES string of the molecule is O=C(NCc1ccc(F)c(Cl)c1)c1ccc(S(=O)(=O)Nc2nccs2)cc1F. The van der Waals surface area contributed by atoms with Gasteiger partial charge in [-0.3, -0.25) is 9.52 Å². The van der Waals surface area contributed by atoms with Gasteiger partial charge in [-0.05, 0) is 35.9 Å². The Kier molecular flexibility index (Phi) is 5.92. The number of benzene rings is 2. The Morgan fingerprint density at radius 2 is 1.93 bits per heavy atom. The summed E-state index contributed by atoms with van der Waals surface area (Å²) in [5, 5.41) is 4.09. The van der Waals surface area contributed by atoms with Crippen molar-refractivity contribution in [2.45, 2.75) is 11.4 Å². The minimum atomic E-state index is -4.04. The van der Waals surface area contributed by atoms with E-state index in [0.717, 1.165) is 35.6 Å². The zero-order valence-corrected chi connectivity index (χ0v) is 16.3. The van der Waals surface area contributed by atoms with Crippen LogP contribution in [-0.4, -0.2) is 19.3 Å². The molecule has 2 aromatic carbocycles. The van der Waals surface area contributed by atoms with Crippen LogP contribution in [0.15, 0.2) is 52.9 Å². The fourth-order valence-electron chi connectivity index (χ4n) is 2.22. The van der Waals surface area contributed by atoms with Crippen molar-refractivity contribution in [3.05, 3.63) is 75.8 Å². The molecule has 1 heterocycles. The van der Waals surface area contributed by atoms with E-state index in [4.69, 9.17) is 11.6 Å². The van der Waals surface area contributed by atoms with Crippen LogP contribution in [0.1, 0.15) is 15.9 Å². The Labute approximate surface area is 168 Å². The summed E-state index contributed by atoms with van der Waals surface area (Å²) in [6.45, 7) is -0.00999. The summed E-state index contributed by atoms with van der Waals surface area (Å²) < 4.78 is 54.2. The highest BCUT2D eigenvalue weighted by Crippen LogP contribution is 2.20. The number of carbonyl (C=O) groups is 1. The molecule has 0 aliphatic carbocycles. The number of thiazole rings is 1. The lowest BCUT2D eigenvalue weighted by atomic mass is 10.2. The van der Waals surface area contributed by atoms with E-state index in [-0.39, 0.29) is 27.2 Å². The van der Waals surface area contributed by atoms with Crippen LogP contribution in [-0.2, 0) is 16.6 Å². The predicted octanol–water partition coefficient (Wildman–Crippen LogP) is 3.81. The molecule has 0 unspecified atom stereocenters. The number of halogens is 3. The molecule has 3 rings (SSSR count). The summed E-state index contributed by atoms with van der Waals surface area (Å²) in [5.74, 6) is -2.35. The smallest absolute Gasteiger partial charge is 0.263 e. The molecule has 0 fully saturated rings. The number of amides is 1. The number of hydrogen-bond donors (Lipinski definition) is 2.